The number of rotatable bonds is 4. The van der Waals surface area contributed by atoms with Crippen molar-refractivity contribution in [2.75, 3.05) is 20.6 Å². The van der Waals surface area contributed by atoms with Crippen LogP contribution in [0, 0.1) is 11.8 Å². The Kier molecular flexibility index (Phi) is 5.23. The minimum atomic E-state index is -0.602. The van der Waals surface area contributed by atoms with Crippen molar-refractivity contribution in [2.24, 2.45) is 11.8 Å². The highest BCUT2D eigenvalue weighted by molar-refractivity contribution is 5.56. The maximum absolute atomic E-state index is 11.9. The summed E-state index contributed by atoms with van der Waals surface area (Å²) in [6, 6.07) is 10.5. The molecule has 0 bridgehead atoms. The van der Waals surface area contributed by atoms with E-state index in [0.717, 1.165) is 19.4 Å². The SMILES string of the molecule is CN(C)CC1CCCC(=Cc2ccccc2)C1(O)C1CCCC1. The van der Waals surface area contributed by atoms with E-state index < -0.39 is 5.60 Å². The Morgan fingerprint density at radius 2 is 1.78 bits per heavy atom. The van der Waals surface area contributed by atoms with Gasteiger partial charge in [-0.25, -0.2) is 0 Å². The van der Waals surface area contributed by atoms with Gasteiger partial charge in [-0.1, -0.05) is 49.2 Å². The summed E-state index contributed by atoms with van der Waals surface area (Å²) >= 11 is 0. The first-order valence-electron chi connectivity index (χ1n) is 9.24. The van der Waals surface area contributed by atoms with Gasteiger partial charge in [-0.15, -0.1) is 0 Å². The summed E-state index contributed by atoms with van der Waals surface area (Å²) in [6.45, 7) is 0.985. The predicted molar refractivity (Wildman–Crippen MR) is 97.2 cm³/mol. The molecule has 23 heavy (non-hydrogen) atoms. The molecule has 2 aliphatic rings. The van der Waals surface area contributed by atoms with E-state index in [9.17, 15) is 5.11 Å². The highest BCUT2D eigenvalue weighted by Crippen LogP contribution is 2.49. The zero-order chi connectivity index (χ0) is 16.3. The van der Waals surface area contributed by atoms with Gasteiger partial charge < -0.3 is 10.0 Å². The minimum Gasteiger partial charge on any atom is -0.385 e. The largest absolute Gasteiger partial charge is 0.385 e. The van der Waals surface area contributed by atoms with Gasteiger partial charge in [-0.05, 0) is 63.3 Å². The first-order chi connectivity index (χ1) is 11.1. The fraction of sp³-hybridized carbons (Fsp3) is 0.619. The van der Waals surface area contributed by atoms with Crippen molar-refractivity contribution in [3.63, 3.8) is 0 Å². The molecule has 1 N–H and O–H groups in total. The molecule has 126 valence electrons. The number of nitrogens with zero attached hydrogens (tertiary/aromatic N) is 1. The Morgan fingerprint density at radius 3 is 2.43 bits per heavy atom. The van der Waals surface area contributed by atoms with Crippen LogP contribution >= 0.6 is 0 Å². The van der Waals surface area contributed by atoms with E-state index >= 15 is 0 Å². The quantitative estimate of drug-likeness (QED) is 0.893. The lowest BCUT2D eigenvalue weighted by atomic mass is 9.64. The molecular weight excluding hydrogens is 282 g/mol. The highest BCUT2D eigenvalue weighted by Gasteiger charge is 2.48. The summed E-state index contributed by atoms with van der Waals surface area (Å²) in [7, 11) is 4.26. The summed E-state index contributed by atoms with van der Waals surface area (Å²) in [6.07, 6.45) is 10.6. The lowest BCUT2D eigenvalue weighted by molar-refractivity contribution is -0.0581. The van der Waals surface area contributed by atoms with Crippen molar-refractivity contribution in [2.45, 2.75) is 50.5 Å². The van der Waals surface area contributed by atoms with Crippen LogP contribution < -0.4 is 0 Å². The van der Waals surface area contributed by atoms with Gasteiger partial charge in [0.1, 0.15) is 0 Å². The van der Waals surface area contributed by atoms with Crippen LogP contribution in [0.2, 0.25) is 0 Å². The van der Waals surface area contributed by atoms with Gasteiger partial charge >= 0.3 is 0 Å². The molecule has 3 rings (SSSR count). The Balaban J connectivity index is 1.96. The molecule has 0 aliphatic heterocycles. The Hall–Kier alpha value is -1.12. The Bertz CT molecular complexity index is 530. The van der Waals surface area contributed by atoms with Gasteiger partial charge in [-0.2, -0.15) is 0 Å². The summed E-state index contributed by atoms with van der Waals surface area (Å²) < 4.78 is 0. The predicted octanol–water partition coefficient (Wildman–Crippen LogP) is 4.35. The fourth-order valence-electron chi connectivity index (χ4n) is 4.79. The van der Waals surface area contributed by atoms with Gasteiger partial charge in [0.25, 0.3) is 0 Å². The number of hydrogen-bond acceptors (Lipinski definition) is 2. The molecule has 2 fully saturated rings. The van der Waals surface area contributed by atoms with Crippen molar-refractivity contribution in [1.82, 2.24) is 4.90 Å². The normalized spacial score (nSPS) is 31.1. The molecule has 0 spiro atoms. The van der Waals surface area contributed by atoms with E-state index in [-0.39, 0.29) is 0 Å². The maximum Gasteiger partial charge on any atom is 0.0928 e. The smallest absolute Gasteiger partial charge is 0.0928 e. The van der Waals surface area contributed by atoms with E-state index in [0.29, 0.717) is 11.8 Å². The second kappa shape index (κ2) is 7.19. The standard InChI is InChI=1S/C21H31NO/c1-22(2)16-20-14-8-13-19(15-17-9-4-3-5-10-17)21(20,23)18-11-6-7-12-18/h3-5,9-10,15,18,20,23H,6-8,11-14,16H2,1-2H3. The molecule has 2 heteroatoms. The van der Waals surface area contributed by atoms with E-state index in [1.165, 1.54) is 43.2 Å². The van der Waals surface area contributed by atoms with Crippen molar-refractivity contribution < 1.29 is 5.11 Å². The molecular formula is C21H31NO. The van der Waals surface area contributed by atoms with Gasteiger partial charge in [0.15, 0.2) is 0 Å². The molecule has 0 heterocycles. The number of benzene rings is 1. The zero-order valence-corrected chi connectivity index (χ0v) is 14.7. The molecule has 0 aromatic heterocycles. The zero-order valence-electron chi connectivity index (χ0n) is 14.7. The molecule has 2 nitrogen and oxygen atoms in total. The lowest BCUT2D eigenvalue weighted by Crippen LogP contribution is -2.51. The van der Waals surface area contributed by atoms with Gasteiger partial charge in [0.05, 0.1) is 5.60 Å². The van der Waals surface area contributed by atoms with Crippen LogP contribution in [0.15, 0.2) is 35.9 Å². The van der Waals surface area contributed by atoms with Crippen LogP contribution in [0.25, 0.3) is 6.08 Å². The molecule has 1 aromatic carbocycles. The third kappa shape index (κ3) is 3.54. The molecule has 0 radical (unpaired) electrons. The average Bonchev–Trinajstić information content (AvgIpc) is 3.07. The second-order valence-electron chi connectivity index (χ2n) is 7.74. The highest BCUT2D eigenvalue weighted by atomic mass is 16.3. The van der Waals surface area contributed by atoms with E-state index in [1.54, 1.807) is 0 Å². The molecule has 0 amide bonds. The molecule has 1 aromatic rings. The maximum atomic E-state index is 11.9. The van der Waals surface area contributed by atoms with Crippen LogP contribution in [0.4, 0.5) is 0 Å². The van der Waals surface area contributed by atoms with Crippen LogP contribution in [-0.2, 0) is 0 Å². The summed E-state index contributed by atoms with van der Waals surface area (Å²) in [4.78, 5) is 2.25. The van der Waals surface area contributed by atoms with Crippen LogP contribution in [0.3, 0.4) is 0 Å². The van der Waals surface area contributed by atoms with E-state index in [4.69, 9.17) is 0 Å². The number of aliphatic hydroxyl groups is 1. The van der Waals surface area contributed by atoms with Gasteiger partial charge in [-0.3, -0.25) is 0 Å². The van der Waals surface area contributed by atoms with E-state index in [2.05, 4.69) is 55.4 Å². The monoisotopic (exact) mass is 313 g/mol. The van der Waals surface area contributed by atoms with Crippen LogP contribution in [-0.4, -0.2) is 36.2 Å². The van der Waals surface area contributed by atoms with Gasteiger partial charge in [0, 0.05) is 12.5 Å². The molecule has 2 saturated carbocycles. The molecule has 0 saturated heterocycles. The van der Waals surface area contributed by atoms with Crippen LogP contribution in [0.5, 0.6) is 0 Å². The Labute approximate surface area is 141 Å². The molecule has 2 unspecified atom stereocenters. The number of hydrogen-bond donors (Lipinski definition) is 1. The lowest BCUT2D eigenvalue weighted by Gasteiger charge is -2.47. The molecule has 2 aliphatic carbocycles. The van der Waals surface area contributed by atoms with Crippen LogP contribution in [0.1, 0.15) is 50.5 Å². The second-order valence-corrected chi connectivity index (χ2v) is 7.74. The first-order valence-corrected chi connectivity index (χ1v) is 9.24. The summed E-state index contributed by atoms with van der Waals surface area (Å²) in [5.74, 6) is 0.812. The van der Waals surface area contributed by atoms with E-state index in [1.807, 2.05) is 0 Å². The third-order valence-corrected chi connectivity index (χ3v) is 5.84. The van der Waals surface area contributed by atoms with Crippen molar-refractivity contribution in [3.05, 3.63) is 41.5 Å². The van der Waals surface area contributed by atoms with Crippen molar-refractivity contribution in [3.8, 4) is 0 Å². The summed E-state index contributed by atoms with van der Waals surface area (Å²) in [5, 5.41) is 11.9. The average molecular weight is 313 g/mol. The summed E-state index contributed by atoms with van der Waals surface area (Å²) in [5.41, 5.74) is 1.91. The fourth-order valence-corrected chi connectivity index (χ4v) is 4.79. The topological polar surface area (TPSA) is 23.5 Å². The molecule has 2 atom stereocenters. The third-order valence-electron chi connectivity index (χ3n) is 5.84. The van der Waals surface area contributed by atoms with Gasteiger partial charge in [0.2, 0.25) is 0 Å². The minimum absolute atomic E-state index is 0.365. The Morgan fingerprint density at radius 1 is 1.09 bits per heavy atom. The van der Waals surface area contributed by atoms with Crippen molar-refractivity contribution >= 4 is 6.08 Å². The van der Waals surface area contributed by atoms with Crippen molar-refractivity contribution in [1.29, 1.82) is 0 Å². The first kappa shape index (κ1) is 16.7.